The molecule has 2 rings (SSSR count). The minimum absolute atomic E-state index is 0.283. The van der Waals surface area contributed by atoms with Crippen LogP contribution in [0.1, 0.15) is 18.1 Å². The Labute approximate surface area is 161 Å². The number of nitrogens with one attached hydrogen (secondary N) is 2. The predicted molar refractivity (Wildman–Crippen MR) is 109 cm³/mol. The predicted octanol–water partition coefficient (Wildman–Crippen LogP) is 2.53. The van der Waals surface area contributed by atoms with Gasteiger partial charge in [-0.1, -0.05) is 29.8 Å². The highest BCUT2D eigenvalue weighted by molar-refractivity contribution is 7.90. The van der Waals surface area contributed by atoms with Crippen molar-refractivity contribution in [3.63, 3.8) is 0 Å². The van der Waals surface area contributed by atoms with Crippen LogP contribution in [0.3, 0.4) is 0 Å². The van der Waals surface area contributed by atoms with Crippen LogP contribution >= 0.6 is 0 Å². The third kappa shape index (κ3) is 7.30. The number of rotatable bonds is 8. The summed E-state index contributed by atoms with van der Waals surface area (Å²) in [6, 6.07) is 14.7. The molecule has 2 N–H and O–H groups in total. The second-order valence-corrected chi connectivity index (χ2v) is 8.22. The van der Waals surface area contributed by atoms with Crippen molar-refractivity contribution in [2.45, 2.75) is 25.3 Å². The largest absolute Gasteiger partial charge is 0.492 e. The molecule has 0 fully saturated rings. The fourth-order valence-electron chi connectivity index (χ4n) is 2.33. The summed E-state index contributed by atoms with van der Waals surface area (Å²) in [5.41, 5.74) is 2.38. The van der Waals surface area contributed by atoms with E-state index in [9.17, 15) is 8.42 Å². The Bertz CT molecular complexity index is 845. The van der Waals surface area contributed by atoms with E-state index in [1.165, 1.54) is 11.8 Å². The number of hydrogen-bond donors (Lipinski definition) is 2. The smallest absolute Gasteiger partial charge is 0.191 e. The van der Waals surface area contributed by atoms with Gasteiger partial charge in [-0.25, -0.2) is 13.4 Å². The molecule has 0 saturated heterocycles. The Morgan fingerprint density at radius 3 is 2.30 bits per heavy atom. The molecule has 0 radical (unpaired) electrons. The van der Waals surface area contributed by atoms with Gasteiger partial charge < -0.3 is 15.4 Å². The highest BCUT2D eigenvalue weighted by Gasteiger charge is 2.06. The van der Waals surface area contributed by atoms with Crippen molar-refractivity contribution in [2.75, 3.05) is 26.0 Å². The monoisotopic (exact) mass is 389 g/mol. The quantitative estimate of drug-likeness (QED) is 0.412. The van der Waals surface area contributed by atoms with E-state index in [1.54, 1.807) is 24.3 Å². The van der Waals surface area contributed by atoms with Crippen LogP contribution in [0.5, 0.6) is 5.75 Å². The summed E-state index contributed by atoms with van der Waals surface area (Å²) < 4.78 is 28.5. The zero-order valence-electron chi connectivity index (χ0n) is 16.0. The van der Waals surface area contributed by atoms with Gasteiger partial charge in [-0.3, -0.25) is 0 Å². The molecule has 2 aromatic rings. The number of nitrogens with zero attached hydrogens (tertiary/aromatic N) is 1. The molecule has 0 spiro atoms. The van der Waals surface area contributed by atoms with Crippen molar-refractivity contribution in [1.82, 2.24) is 10.6 Å². The summed E-state index contributed by atoms with van der Waals surface area (Å²) in [7, 11) is -3.19. The molecule has 0 atom stereocenters. The van der Waals surface area contributed by atoms with Crippen LogP contribution in [0.15, 0.2) is 58.4 Å². The number of guanidine groups is 1. The Morgan fingerprint density at radius 2 is 1.70 bits per heavy atom. The molecule has 6 nitrogen and oxygen atoms in total. The lowest BCUT2D eigenvalue weighted by molar-refractivity contribution is 0.321. The lowest BCUT2D eigenvalue weighted by Gasteiger charge is -2.12. The molecule has 0 bridgehead atoms. The highest BCUT2D eigenvalue weighted by atomic mass is 32.2. The van der Waals surface area contributed by atoms with E-state index in [4.69, 9.17) is 4.74 Å². The summed E-state index contributed by atoms with van der Waals surface area (Å²) in [6.45, 7) is 6.47. The van der Waals surface area contributed by atoms with E-state index in [1.807, 2.05) is 6.92 Å². The van der Waals surface area contributed by atoms with Gasteiger partial charge in [0.2, 0.25) is 0 Å². The Morgan fingerprint density at radius 1 is 1.04 bits per heavy atom. The summed E-state index contributed by atoms with van der Waals surface area (Å²) in [5.74, 6) is 1.36. The first-order valence-corrected chi connectivity index (χ1v) is 10.8. The molecule has 0 heterocycles. The number of aryl methyl sites for hydroxylation is 1. The van der Waals surface area contributed by atoms with Crippen molar-refractivity contribution in [1.29, 1.82) is 0 Å². The molecule has 0 aliphatic carbocycles. The third-order valence-electron chi connectivity index (χ3n) is 3.80. The molecule has 0 unspecified atom stereocenters. The van der Waals surface area contributed by atoms with E-state index >= 15 is 0 Å². The number of benzene rings is 2. The third-order valence-corrected chi connectivity index (χ3v) is 4.93. The SMILES string of the molecule is CCNC(=NCc1ccc(C)cc1)NCCOc1ccc(S(C)(=O)=O)cc1. The van der Waals surface area contributed by atoms with Crippen LogP contribution in [-0.4, -0.2) is 40.3 Å². The van der Waals surface area contributed by atoms with Gasteiger partial charge in [0, 0.05) is 12.8 Å². The maximum absolute atomic E-state index is 11.5. The van der Waals surface area contributed by atoms with Crippen LogP contribution in [0.4, 0.5) is 0 Å². The fourth-order valence-corrected chi connectivity index (χ4v) is 2.96. The van der Waals surface area contributed by atoms with E-state index in [0.29, 0.717) is 25.4 Å². The van der Waals surface area contributed by atoms with E-state index in [-0.39, 0.29) is 4.90 Å². The molecule has 146 valence electrons. The molecule has 0 aliphatic heterocycles. The van der Waals surface area contributed by atoms with E-state index in [0.717, 1.165) is 18.1 Å². The zero-order valence-corrected chi connectivity index (χ0v) is 16.8. The second kappa shape index (κ2) is 9.97. The first kappa shape index (κ1) is 20.8. The first-order chi connectivity index (χ1) is 12.9. The average Bonchev–Trinajstić information content (AvgIpc) is 2.64. The first-order valence-electron chi connectivity index (χ1n) is 8.89. The second-order valence-electron chi connectivity index (χ2n) is 6.20. The highest BCUT2D eigenvalue weighted by Crippen LogP contribution is 2.15. The van der Waals surface area contributed by atoms with Crippen LogP contribution in [0.2, 0.25) is 0 Å². The van der Waals surface area contributed by atoms with Crippen molar-refractivity contribution in [2.24, 2.45) is 4.99 Å². The van der Waals surface area contributed by atoms with Crippen LogP contribution in [-0.2, 0) is 16.4 Å². The van der Waals surface area contributed by atoms with Crippen molar-refractivity contribution in [3.05, 3.63) is 59.7 Å². The van der Waals surface area contributed by atoms with Gasteiger partial charge in [0.15, 0.2) is 15.8 Å². The molecule has 0 aliphatic rings. The van der Waals surface area contributed by atoms with Crippen LogP contribution in [0.25, 0.3) is 0 Å². The van der Waals surface area contributed by atoms with Gasteiger partial charge in [-0.2, -0.15) is 0 Å². The Hall–Kier alpha value is -2.54. The van der Waals surface area contributed by atoms with Crippen molar-refractivity contribution >= 4 is 15.8 Å². The van der Waals surface area contributed by atoms with Gasteiger partial charge in [0.05, 0.1) is 18.0 Å². The van der Waals surface area contributed by atoms with Gasteiger partial charge in [0.1, 0.15) is 12.4 Å². The molecule has 7 heteroatoms. The molecule has 0 amide bonds. The Balaban J connectivity index is 1.81. The van der Waals surface area contributed by atoms with E-state index in [2.05, 4.69) is 46.8 Å². The summed E-state index contributed by atoms with van der Waals surface area (Å²) >= 11 is 0. The number of hydrogen-bond acceptors (Lipinski definition) is 4. The lowest BCUT2D eigenvalue weighted by Crippen LogP contribution is -2.39. The molecular weight excluding hydrogens is 362 g/mol. The summed E-state index contributed by atoms with van der Waals surface area (Å²) in [4.78, 5) is 4.85. The Kier molecular flexibility index (Phi) is 7.67. The minimum Gasteiger partial charge on any atom is -0.492 e. The maximum atomic E-state index is 11.5. The van der Waals surface area contributed by atoms with Gasteiger partial charge >= 0.3 is 0 Å². The lowest BCUT2D eigenvalue weighted by atomic mass is 10.1. The van der Waals surface area contributed by atoms with Crippen molar-refractivity contribution < 1.29 is 13.2 Å². The van der Waals surface area contributed by atoms with E-state index < -0.39 is 9.84 Å². The summed E-state index contributed by atoms with van der Waals surface area (Å²) in [6.07, 6.45) is 1.19. The summed E-state index contributed by atoms with van der Waals surface area (Å²) in [5, 5.41) is 6.43. The standard InChI is InChI=1S/C20H27N3O3S/c1-4-21-20(23-15-17-7-5-16(2)6-8-17)22-13-14-26-18-9-11-19(12-10-18)27(3,24)25/h5-12H,4,13-15H2,1-3H3,(H2,21,22,23). The van der Waals surface area contributed by atoms with Gasteiger partial charge in [-0.05, 0) is 43.7 Å². The fraction of sp³-hybridized carbons (Fsp3) is 0.350. The molecule has 2 aromatic carbocycles. The van der Waals surface area contributed by atoms with Crippen molar-refractivity contribution in [3.8, 4) is 5.75 Å². The van der Waals surface area contributed by atoms with Crippen LogP contribution in [0, 0.1) is 6.92 Å². The normalized spacial score (nSPS) is 11.9. The average molecular weight is 390 g/mol. The zero-order chi connectivity index (χ0) is 19.7. The number of ether oxygens (including phenoxy) is 1. The topological polar surface area (TPSA) is 79.8 Å². The maximum Gasteiger partial charge on any atom is 0.191 e. The molecular formula is C20H27N3O3S. The molecule has 27 heavy (non-hydrogen) atoms. The molecule has 0 saturated carbocycles. The number of sulfone groups is 1. The molecule has 0 aromatic heterocycles. The van der Waals surface area contributed by atoms with Gasteiger partial charge in [0.25, 0.3) is 0 Å². The number of aliphatic imine (C=N–C) groups is 1. The van der Waals surface area contributed by atoms with Gasteiger partial charge in [-0.15, -0.1) is 0 Å². The minimum atomic E-state index is -3.19. The van der Waals surface area contributed by atoms with Crippen LogP contribution < -0.4 is 15.4 Å².